The number of hydrogen-bond acceptors (Lipinski definition) is 0. The van der Waals surface area contributed by atoms with Crippen LogP contribution in [0.2, 0.25) is 0 Å². The Morgan fingerprint density at radius 2 is 1.31 bits per heavy atom. The first-order valence-corrected chi connectivity index (χ1v) is 4.95. The average Bonchev–Trinajstić information content (AvgIpc) is 2.18. The van der Waals surface area contributed by atoms with Crippen LogP contribution >= 0.6 is 0 Å². The van der Waals surface area contributed by atoms with Gasteiger partial charge in [0.2, 0.25) is 0 Å². The van der Waals surface area contributed by atoms with Crippen LogP contribution in [0.3, 0.4) is 0 Å². The molecule has 1 aliphatic carbocycles. The van der Waals surface area contributed by atoms with Gasteiger partial charge >= 0.3 is 0 Å². The van der Waals surface area contributed by atoms with Crippen molar-refractivity contribution in [2.24, 2.45) is 0 Å². The lowest BCUT2D eigenvalue weighted by Crippen LogP contribution is -1.67. The second kappa shape index (κ2) is 7.60. The molecule has 0 aromatic rings. The van der Waals surface area contributed by atoms with E-state index in [9.17, 15) is 0 Å². The van der Waals surface area contributed by atoms with E-state index in [2.05, 4.69) is 55.0 Å². The summed E-state index contributed by atoms with van der Waals surface area (Å²) in [5.74, 6) is 0. The molecule has 0 aromatic carbocycles. The Labute approximate surface area is 81.4 Å². The molecule has 13 heavy (non-hydrogen) atoms. The lowest BCUT2D eigenvalue weighted by Gasteiger charge is -1.86. The van der Waals surface area contributed by atoms with Crippen molar-refractivity contribution >= 4 is 0 Å². The minimum Gasteiger partial charge on any atom is -0.0879 e. The van der Waals surface area contributed by atoms with Gasteiger partial charge in [-0.25, -0.2) is 0 Å². The van der Waals surface area contributed by atoms with Crippen LogP contribution in [-0.4, -0.2) is 0 Å². The van der Waals surface area contributed by atoms with Crippen molar-refractivity contribution in [1.82, 2.24) is 0 Å². The Hall–Kier alpha value is -1.04. The van der Waals surface area contributed by atoms with E-state index in [1.807, 2.05) is 0 Å². The second-order valence-corrected chi connectivity index (χ2v) is 3.04. The Morgan fingerprint density at radius 1 is 0.538 bits per heavy atom. The van der Waals surface area contributed by atoms with E-state index in [4.69, 9.17) is 0 Å². The molecule has 0 saturated carbocycles. The standard InChI is InChI=1S/C13H17/c1-2-4-6-8-10-12-13-11-9-7-5-3-1/h1-4,7-11H,5-6,12-13H2/b3-1+,4-2-,10-8-,11-9+. The van der Waals surface area contributed by atoms with Crippen LogP contribution in [0.25, 0.3) is 0 Å². The molecule has 0 fully saturated rings. The van der Waals surface area contributed by atoms with Gasteiger partial charge in [-0.15, -0.1) is 0 Å². The summed E-state index contributed by atoms with van der Waals surface area (Å²) in [5, 5.41) is 0. The van der Waals surface area contributed by atoms with Gasteiger partial charge in [0.15, 0.2) is 0 Å². The van der Waals surface area contributed by atoms with Gasteiger partial charge < -0.3 is 0 Å². The van der Waals surface area contributed by atoms with E-state index in [1.165, 1.54) is 0 Å². The summed E-state index contributed by atoms with van der Waals surface area (Å²) in [5.41, 5.74) is 0. The molecule has 1 rings (SSSR count). The molecule has 0 N–H and O–H groups in total. The minimum atomic E-state index is 1.04. The fraction of sp³-hybridized carbons (Fsp3) is 0.308. The van der Waals surface area contributed by atoms with Gasteiger partial charge in [0.25, 0.3) is 0 Å². The van der Waals surface area contributed by atoms with Crippen LogP contribution in [0.15, 0.2) is 48.6 Å². The van der Waals surface area contributed by atoms with Crippen LogP contribution in [0.1, 0.15) is 25.7 Å². The molecule has 0 nitrogen and oxygen atoms in total. The molecule has 0 saturated heterocycles. The molecular weight excluding hydrogens is 156 g/mol. The molecule has 0 aliphatic heterocycles. The van der Waals surface area contributed by atoms with Crippen LogP contribution in [0.5, 0.6) is 0 Å². The van der Waals surface area contributed by atoms with Crippen LogP contribution in [-0.2, 0) is 0 Å². The largest absolute Gasteiger partial charge is 0.0879 e. The van der Waals surface area contributed by atoms with E-state index >= 15 is 0 Å². The second-order valence-electron chi connectivity index (χ2n) is 3.04. The smallest absolute Gasteiger partial charge is 0.0133 e. The highest BCUT2D eigenvalue weighted by atomic mass is 13.9. The molecule has 69 valence electrons. The zero-order chi connectivity index (χ0) is 9.19. The predicted octanol–water partition coefficient (Wildman–Crippen LogP) is 3.99. The monoisotopic (exact) mass is 173 g/mol. The third kappa shape index (κ3) is 6.15. The maximum Gasteiger partial charge on any atom is -0.0133 e. The van der Waals surface area contributed by atoms with Crippen molar-refractivity contribution in [3.63, 3.8) is 0 Å². The highest BCUT2D eigenvalue weighted by Crippen LogP contribution is 1.99. The first-order chi connectivity index (χ1) is 6.50. The summed E-state index contributed by atoms with van der Waals surface area (Å²) in [6.45, 7) is 0. The third-order valence-corrected chi connectivity index (χ3v) is 1.87. The number of rotatable bonds is 0. The van der Waals surface area contributed by atoms with E-state index in [-0.39, 0.29) is 0 Å². The molecule has 0 bridgehead atoms. The van der Waals surface area contributed by atoms with E-state index in [1.54, 1.807) is 0 Å². The Balaban J connectivity index is 2.38. The molecular formula is C13H17. The Morgan fingerprint density at radius 3 is 2.23 bits per heavy atom. The van der Waals surface area contributed by atoms with Gasteiger partial charge in [-0.3, -0.25) is 0 Å². The summed E-state index contributed by atoms with van der Waals surface area (Å²) in [6.07, 6.45) is 24.0. The number of allylic oxidation sites excluding steroid dienone is 8. The summed E-state index contributed by atoms with van der Waals surface area (Å²) >= 11 is 0. The molecule has 0 unspecified atom stereocenters. The van der Waals surface area contributed by atoms with E-state index < -0.39 is 0 Å². The highest BCUT2D eigenvalue weighted by Gasteiger charge is 1.80. The predicted molar refractivity (Wildman–Crippen MR) is 59.3 cm³/mol. The van der Waals surface area contributed by atoms with Gasteiger partial charge in [0.1, 0.15) is 0 Å². The summed E-state index contributed by atoms with van der Waals surface area (Å²) in [4.78, 5) is 0. The molecule has 0 heterocycles. The lowest BCUT2D eigenvalue weighted by atomic mass is 10.2. The molecule has 0 atom stereocenters. The molecule has 0 amide bonds. The summed E-state index contributed by atoms with van der Waals surface area (Å²) in [6, 6.07) is 0. The van der Waals surface area contributed by atoms with Crippen molar-refractivity contribution in [3.8, 4) is 0 Å². The summed E-state index contributed by atoms with van der Waals surface area (Å²) in [7, 11) is 0. The first kappa shape index (κ1) is 10.0. The van der Waals surface area contributed by atoms with Gasteiger partial charge in [0, 0.05) is 0 Å². The fourth-order valence-electron chi connectivity index (χ4n) is 1.15. The van der Waals surface area contributed by atoms with Gasteiger partial charge in [-0.05, 0) is 32.1 Å². The van der Waals surface area contributed by atoms with E-state index in [0.717, 1.165) is 25.7 Å². The zero-order valence-corrected chi connectivity index (χ0v) is 8.02. The number of hydrogen-bond donors (Lipinski definition) is 0. The van der Waals surface area contributed by atoms with Crippen LogP contribution in [0, 0.1) is 6.42 Å². The Bertz CT molecular complexity index is 216. The SMILES string of the molecule is [CH]1/C=C/CC/C=C\C/C=C\C=C\C1. The van der Waals surface area contributed by atoms with Gasteiger partial charge in [0.05, 0.1) is 0 Å². The molecule has 1 aliphatic rings. The minimum absolute atomic E-state index is 1.04. The maximum atomic E-state index is 2.25. The lowest BCUT2D eigenvalue weighted by molar-refractivity contribution is 1.04. The quantitative estimate of drug-likeness (QED) is 0.486. The van der Waals surface area contributed by atoms with Gasteiger partial charge in [-0.1, -0.05) is 48.6 Å². The van der Waals surface area contributed by atoms with Crippen molar-refractivity contribution in [1.29, 1.82) is 0 Å². The van der Waals surface area contributed by atoms with Crippen LogP contribution in [0.4, 0.5) is 0 Å². The highest BCUT2D eigenvalue weighted by molar-refractivity contribution is 5.08. The molecule has 0 aromatic heterocycles. The molecule has 0 heteroatoms. The average molecular weight is 173 g/mol. The fourth-order valence-corrected chi connectivity index (χ4v) is 1.15. The van der Waals surface area contributed by atoms with E-state index in [0.29, 0.717) is 0 Å². The summed E-state index contributed by atoms with van der Waals surface area (Å²) < 4.78 is 0. The third-order valence-electron chi connectivity index (χ3n) is 1.87. The van der Waals surface area contributed by atoms with Crippen molar-refractivity contribution < 1.29 is 0 Å². The molecule has 0 spiro atoms. The van der Waals surface area contributed by atoms with Crippen molar-refractivity contribution in [3.05, 3.63) is 55.0 Å². The maximum absolute atomic E-state index is 2.25. The Kier molecular flexibility index (Phi) is 5.87. The zero-order valence-electron chi connectivity index (χ0n) is 8.02. The van der Waals surface area contributed by atoms with Crippen molar-refractivity contribution in [2.45, 2.75) is 25.7 Å². The molecule has 1 radical (unpaired) electrons. The first-order valence-electron chi connectivity index (χ1n) is 4.95. The normalized spacial score (nSPS) is 28.9. The van der Waals surface area contributed by atoms with Gasteiger partial charge in [-0.2, -0.15) is 0 Å². The van der Waals surface area contributed by atoms with Crippen LogP contribution < -0.4 is 0 Å². The van der Waals surface area contributed by atoms with Crippen molar-refractivity contribution in [2.75, 3.05) is 0 Å². The topological polar surface area (TPSA) is 0 Å².